The van der Waals surface area contributed by atoms with Crippen LogP contribution in [0, 0.1) is 0 Å². The molecule has 0 aromatic heterocycles. The molecule has 0 radical (unpaired) electrons. The highest BCUT2D eigenvalue weighted by atomic mass is 16.6. The van der Waals surface area contributed by atoms with Gasteiger partial charge in [-0.3, -0.25) is 4.79 Å². The van der Waals surface area contributed by atoms with E-state index in [1.165, 1.54) is 0 Å². The van der Waals surface area contributed by atoms with Crippen LogP contribution in [-0.4, -0.2) is 98.7 Å². The van der Waals surface area contributed by atoms with Gasteiger partial charge in [-0.2, -0.15) is 0 Å². The predicted molar refractivity (Wildman–Crippen MR) is 106 cm³/mol. The first-order chi connectivity index (χ1) is 15.2. The number of rotatable bonds is 16. The lowest BCUT2D eigenvalue weighted by atomic mass is 9.87. The number of Topliss-reactive ketones (excluding diaryl/α,β-unsaturated/α-hetero) is 1. The van der Waals surface area contributed by atoms with Gasteiger partial charge in [0.05, 0.1) is 26.4 Å². The Labute approximate surface area is 185 Å². The van der Waals surface area contributed by atoms with Crippen LogP contribution >= 0.6 is 0 Å². The summed E-state index contributed by atoms with van der Waals surface area (Å²) in [6.07, 6.45) is -1.16. The quantitative estimate of drug-likeness (QED) is 0.109. The molecule has 0 saturated carbocycles. The molecule has 32 heavy (non-hydrogen) atoms. The van der Waals surface area contributed by atoms with Crippen molar-refractivity contribution in [2.24, 2.45) is 0 Å². The standard InChI is InChI=1S/C20H32O12/c1-2-3-4-5-6-7-8-30-15-17(31-18(28)13(25)10-22)20(14(26)11-23,32-19(15)29)16(27)12(24)9-21/h12-14,21-26H,2-11H2,1H3/t12?,13?,14-,20-/m0/s1. The molecule has 4 atom stereocenters. The predicted octanol–water partition coefficient (Wildman–Crippen LogP) is -1.96. The van der Waals surface area contributed by atoms with Crippen LogP contribution in [0.4, 0.5) is 0 Å². The number of ketones is 1. The summed E-state index contributed by atoms with van der Waals surface area (Å²) < 4.78 is 15.2. The smallest absolute Gasteiger partial charge is 0.379 e. The minimum atomic E-state index is -2.92. The van der Waals surface area contributed by atoms with Gasteiger partial charge in [0.2, 0.25) is 17.3 Å². The molecule has 0 aromatic rings. The van der Waals surface area contributed by atoms with Crippen LogP contribution in [-0.2, 0) is 28.6 Å². The molecule has 0 saturated heterocycles. The summed E-state index contributed by atoms with van der Waals surface area (Å²) >= 11 is 0. The highest BCUT2D eigenvalue weighted by molar-refractivity contribution is 6.04. The summed E-state index contributed by atoms with van der Waals surface area (Å²) in [4.78, 5) is 37.3. The minimum absolute atomic E-state index is 0.0534. The summed E-state index contributed by atoms with van der Waals surface area (Å²) in [6.45, 7) is -1.35. The third-order valence-corrected chi connectivity index (χ3v) is 4.86. The molecule has 6 N–H and O–H groups in total. The van der Waals surface area contributed by atoms with E-state index in [9.17, 15) is 34.8 Å². The van der Waals surface area contributed by atoms with Gasteiger partial charge in [-0.15, -0.1) is 0 Å². The van der Waals surface area contributed by atoms with Gasteiger partial charge in [0.15, 0.2) is 6.10 Å². The molecular weight excluding hydrogens is 432 g/mol. The third kappa shape index (κ3) is 6.47. The van der Waals surface area contributed by atoms with E-state index in [4.69, 9.17) is 24.4 Å². The van der Waals surface area contributed by atoms with Crippen LogP contribution in [0.15, 0.2) is 11.5 Å². The first-order valence-corrected chi connectivity index (χ1v) is 10.4. The van der Waals surface area contributed by atoms with Crippen LogP contribution in [0.5, 0.6) is 0 Å². The maximum atomic E-state index is 12.7. The van der Waals surface area contributed by atoms with E-state index in [0.29, 0.717) is 6.42 Å². The number of carbonyl (C=O) groups excluding carboxylic acids is 3. The molecule has 1 rings (SSSR count). The van der Waals surface area contributed by atoms with Crippen molar-refractivity contribution in [3.8, 4) is 0 Å². The number of unbranched alkanes of at least 4 members (excludes halogenated alkanes) is 5. The highest BCUT2D eigenvalue weighted by Gasteiger charge is 2.63. The lowest BCUT2D eigenvalue weighted by Gasteiger charge is -2.32. The second-order valence-corrected chi connectivity index (χ2v) is 7.28. The molecule has 12 heteroatoms. The number of carbonyl (C=O) groups is 3. The number of cyclic esters (lactones) is 1. The van der Waals surface area contributed by atoms with Crippen molar-refractivity contribution >= 4 is 17.7 Å². The van der Waals surface area contributed by atoms with Gasteiger partial charge < -0.3 is 44.8 Å². The van der Waals surface area contributed by atoms with Crippen molar-refractivity contribution in [1.29, 1.82) is 0 Å². The maximum Gasteiger partial charge on any atom is 0.379 e. The van der Waals surface area contributed by atoms with E-state index in [1.807, 2.05) is 0 Å². The molecule has 12 nitrogen and oxygen atoms in total. The van der Waals surface area contributed by atoms with Gasteiger partial charge in [-0.05, 0) is 6.42 Å². The molecule has 184 valence electrons. The summed E-state index contributed by atoms with van der Waals surface area (Å²) in [5, 5.41) is 57.2. The van der Waals surface area contributed by atoms with E-state index in [1.54, 1.807) is 0 Å². The van der Waals surface area contributed by atoms with Gasteiger partial charge in [-0.1, -0.05) is 39.0 Å². The Kier molecular flexibility index (Phi) is 11.8. The van der Waals surface area contributed by atoms with Gasteiger partial charge in [0.25, 0.3) is 5.60 Å². The fourth-order valence-electron chi connectivity index (χ4n) is 3.05. The summed E-state index contributed by atoms with van der Waals surface area (Å²) in [5.41, 5.74) is -2.92. The van der Waals surface area contributed by atoms with Crippen molar-refractivity contribution in [2.75, 3.05) is 26.4 Å². The Morgan fingerprint density at radius 3 is 2.09 bits per heavy atom. The van der Waals surface area contributed by atoms with Crippen LogP contribution in [0.25, 0.3) is 0 Å². The number of aliphatic hydroxyl groups excluding tert-OH is 6. The van der Waals surface area contributed by atoms with Crippen molar-refractivity contribution in [2.45, 2.75) is 69.4 Å². The number of aliphatic hydroxyl groups is 6. The van der Waals surface area contributed by atoms with Gasteiger partial charge in [0, 0.05) is 0 Å². The number of hydrogen-bond donors (Lipinski definition) is 6. The molecule has 1 aliphatic rings. The summed E-state index contributed by atoms with van der Waals surface area (Å²) in [5.74, 6) is -6.10. The Morgan fingerprint density at radius 2 is 1.53 bits per heavy atom. The lowest BCUT2D eigenvalue weighted by molar-refractivity contribution is -0.182. The average molecular weight is 464 g/mol. The van der Waals surface area contributed by atoms with Crippen LogP contribution < -0.4 is 0 Å². The summed E-state index contributed by atoms with van der Waals surface area (Å²) in [6, 6.07) is 0. The Hall–Kier alpha value is -2.09. The Morgan fingerprint density at radius 1 is 0.938 bits per heavy atom. The molecule has 0 aromatic carbocycles. The number of esters is 2. The van der Waals surface area contributed by atoms with Crippen LogP contribution in [0.3, 0.4) is 0 Å². The molecule has 1 aliphatic heterocycles. The largest absolute Gasteiger partial charge is 0.484 e. The fraction of sp³-hybridized carbons (Fsp3) is 0.750. The topological polar surface area (TPSA) is 200 Å². The van der Waals surface area contributed by atoms with Gasteiger partial charge >= 0.3 is 11.9 Å². The number of hydrogen-bond acceptors (Lipinski definition) is 12. The van der Waals surface area contributed by atoms with Crippen LogP contribution in [0.2, 0.25) is 0 Å². The molecule has 2 unspecified atom stereocenters. The first-order valence-electron chi connectivity index (χ1n) is 10.4. The Balaban J connectivity index is 3.27. The fourth-order valence-corrected chi connectivity index (χ4v) is 3.05. The van der Waals surface area contributed by atoms with Crippen LogP contribution in [0.1, 0.15) is 45.4 Å². The summed E-state index contributed by atoms with van der Waals surface area (Å²) in [7, 11) is 0. The van der Waals surface area contributed by atoms with Gasteiger partial charge in [0.1, 0.15) is 12.2 Å². The maximum absolute atomic E-state index is 12.7. The van der Waals surface area contributed by atoms with Crippen molar-refractivity contribution in [3.63, 3.8) is 0 Å². The SMILES string of the molecule is CCCCCCCCOC1=C(OC(=O)C(O)CO)[C@@](C(=O)C(O)CO)([C@@H](O)CO)OC1=O. The van der Waals surface area contributed by atoms with Crippen molar-refractivity contribution in [1.82, 2.24) is 0 Å². The molecular formula is C20H32O12. The third-order valence-electron chi connectivity index (χ3n) is 4.86. The minimum Gasteiger partial charge on any atom is -0.484 e. The zero-order valence-electron chi connectivity index (χ0n) is 17.9. The lowest BCUT2D eigenvalue weighted by Crippen LogP contribution is -2.58. The van der Waals surface area contributed by atoms with Crippen molar-refractivity contribution < 1.29 is 59.2 Å². The van der Waals surface area contributed by atoms with Gasteiger partial charge in [-0.25, -0.2) is 9.59 Å². The monoisotopic (exact) mass is 464 g/mol. The molecule has 0 amide bonds. The number of ether oxygens (including phenoxy) is 3. The first kappa shape index (κ1) is 27.9. The normalized spacial score (nSPS) is 21.2. The van der Waals surface area contributed by atoms with Crippen molar-refractivity contribution in [3.05, 3.63) is 11.5 Å². The zero-order chi connectivity index (χ0) is 24.3. The highest BCUT2D eigenvalue weighted by Crippen LogP contribution is 2.39. The average Bonchev–Trinajstić information content (AvgIpc) is 3.07. The second-order valence-electron chi connectivity index (χ2n) is 7.28. The van der Waals surface area contributed by atoms with E-state index in [0.717, 1.165) is 32.1 Å². The molecule has 1 heterocycles. The zero-order valence-corrected chi connectivity index (χ0v) is 17.9. The second kappa shape index (κ2) is 13.5. The van der Waals surface area contributed by atoms with E-state index in [2.05, 4.69) is 6.92 Å². The van der Waals surface area contributed by atoms with E-state index in [-0.39, 0.29) is 6.61 Å². The molecule has 0 aliphatic carbocycles. The molecule has 0 fully saturated rings. The van der Waals surface area contributed by atoms with E-state index >= 15 is 0 Å². The molecule has 0 bridgehead atoms. The van der Waals surface area contributed by atoms with E-state index < -0.39 is 73.0 Å². The molecule has 0 spiro atoms. The Bertz CT molecular complexity index is 675.